The van der Waals surface area contributed by atoms with Crippen LogP contribution in [0.15, 0.2) is 0 Å². The van der Waals surface area contributed by atoms with E-state index in [0.29, 0.717) is 18.4 Å². The Bertz CT molecular complexity index is 115. The predicted octanol–water partition coefficient (Wildman–Crippen LogP) is 3.16. The van der Waals surface area contributed by atoms with E-state index in [-0.39, 0.29) is 5.41 Å². The average Bonchev–Trinajstić information content (AvgIpc) is 1.85. The third kappa shape index (κ3) is 5.81. The lowest BCUT2D eigenvalue weighted by Gasteiger charge is -2.26. The molecule has 0 radical (unpaired) electrons. The van der Waals surface area contributed by atoms with Crippen LogP contribution in [0.5, 0.6) is 0 Å². The van der Waals surface area contributed by atoms with Crippen LogP contribution >= 0.6 is 11.6 Å². The van der Waals surface area contributed by atoms with Gasteiger partial charge in [-0.15, -0.1) is 11.6 Å². The molecule has 12 heavy (non-hydrogen) atoms. The van der Waals surface area contributed by atoms with Gasteiger partial charge in [-0.1, -0.05) is 20.8 Å². The molecule has 0 spiro atoms. The Labute approximate surface area is 79.8 Å². The molecule has 1 N–H and O–H groups in total. The Hall–Kier alpha value is 0.210. The first kappa shape index (κ1) is 12.2. The molecule has 0 fully saturated rings. The van der Waals surface area contributed by atoms with Gasteiger partial charge in [-0.3, -0.25) is 5.26 Å². The molecule has 1 atom stereocenters. The van der Waals surface area contributed by atoms with Gasteiger partial charge in [0, 0.05) is 5.88 Å². The molecule has 0 aliphatic rings. The first-order valence-corrected chi connectivity index (χ1v) is 4.87. The highest BCUT2D eigenvalue weighted by Crippen LogP contribution is 2.29. The normalized spacial score (nSPS) is 14.8. The van der Waals surface area contributed by atoms with E-state index in [9.17, 15) is 0 Å². The van der Waals surface area contributed by atoms with Crippen molar-refractivity contribution in [3.05, 3.63) is 0 Å². The van der Waals surface area contributed by atoms with Crippen molar-refractivity contribution in [3.63, 3.8) is 0 Å². The first-order valence-electron chi connectivity index (χ1n) is 4.34. The third-order valence-corrected chi connectivity index (χ3v) is 2.22. The van der Waals surface area contributed by atoms with Crippen LogP contribution in [0.25, 0.3) is 0 Å². The maximum atomic E-state index is 8.24. The summed E-state index contributed by atoms with van der Waals surface area (Å²) < 4.78 is 0. The Morgan fingerprint density at radius 2 is 2.08 bits per heavy atom. The molecule has 2 nitrogen and oxygen atoms in total. The van der Waals surface area contributed by atoms with Gasteiger partial charge in [-0.05, 0) is 24.2 Å². The molecule has 0 rings (SSSR count). The standard InChI is InChI=1S/C9H19ClO2/c1-8(7-12-11)6-9(2,3)4-5-10/h8,11H,4-7H2,1-3H3. The van der Waals surface area contributed by atoms with Gasteiger partial charge in [0.15, 0.2) is 0 Å². The Kier molecular flexibility index (Phi) is 5.89. The molecule has 0 aliphatic carbocycles. The molecule has 0 bridgehead atoms. The summed E-state index contributed by atoms with van der Waals surface area (Å²) in [4.78, 5) is 4.09. The van der Waals surface area contributed by atoms with Gasteiger partial charge in [-0.25, -0.2) is 4.89 Å². The maximum Gasteiger partial charge on any atom is 0.0845 e. The smallest absolute Gasteiger partial charge is 0.0845 e. The summed E-state index contributed by atoms with van der Waals surface area (Å²) >= 11 is 5.67. The van der Waals surface area contributed by atoms with Gasteiger partial charge in [0.05, 0.1) is 6.61 Å². The molecule has 74 valence electrons. The van der Waals surface area contributed by atoms with E-state index in [1.54, 1.807) is 0 Å². The Balaban J connectivity index is 3.70. The van der Waals surface area contributed by atoms with Crippen LogP contribution < -0.4 is 0 Å². The van der Waals surface area contributed by atoms with Crippen LogP contribution in [0.3, 0.4) is 0 Å². The van der Waals surface area contributed by atoms with Crippen LogP contribution in [-0.2, 0) is 4.89 Å². The molecule has 0 heterocycles. The molecule has 0 saturated carbocycles. The van der Waals surface area contributed by atoms with Crippen LogP contribution in [0, 0.1) is 11.3 Å². The summed E-state index contributed by atoms with van der Waals surface area (Å²) in [5.41, 5.74) is 0.250. The van der Waals surface area contributed by atoms with E-state index < -0.39 is 0 Å². The molecule has 0 aliphatic heterocycles. The molecule has 1 unspecified atom stereocenters. The average molecular weight is 195 g/mol. The highest BCUT2D eigenvalue weighted by Gasteiger charge is 2.20. The second-order valence-electron chi connectivity index (χ2n) is 4.21. The van der Waals surface area contributed by atoms with Crippen LogP contribution in [0.2, 0.25) is 0 Å². The lowest BCUT2D eigenvalue weighted by atomic mass is 9.81. The van der Waals surface area contributed by atoms with Crippen molar-refractivity contribution in [1.82, 2.24) is 0 Å². The highest BCUT2D eigenvalue weighted by molar-refractivity contribution is 6.17. The highest BCUT2D eigenvalue weighted by atomic mass is 35.5. The van der Waals surface area contributed by atoms with E-state index in [0.717, 1.165) is 12.8 Å². The number of hydrogen-bond donors (Lipinski definition) is 1. The fourth-order valence-corrected chi connectivity index (χ4v) is 2.00. The fourth-order valence-electron chi connectivity index (χ4n) is 1.49. The predicted molar refractivity (Wildman–Crippen MR) is 51.5 cm³/mol. The Morgan fingerprint density at radius 1 is 1.50 bits per heavy atom. The van der Waals surface area contributed by atoms with Crippen molar-refractivity contribution in [1.29, 1.82) is 0 Å². The van der Waals surface area contributed by atoms with Crippen LogP contribution in [0.4, 0.5) is 0 Å². The summed E-state index contributed by atoms with van der Waals surface area (Å²) in [5, 5.41) is 8.24. The number of hydrogen-bond acceptors (Lipinski definition) is 2. The SMILES string of the molecule is CC(COO)CC(C)(C)CCCl. The lowest BCUT2D eigenvalue weighted by Crippen LogP contribution is -2.18. The van der Waals surface area contributed by atoms with Gasteiger partial charge in [-0.2, -0.15) is 0 Å². The third-order valence-electron chi connectivity index (χ3n) is 2.03. The summed E-state index contributed by atoms with van der Waals surface area (Å²) in [5.74, 6) is 1.08. The van der Waals surface area contributed by atoms with Crippen LogP contribution in [0.1, 0.15) is 33.6 Å². The van der Waals surface area contributed by atoms with E-state index in [4.69, 9.17) is 16.9 Å². The van der Waals surface area contributed by atoms with Crippen molar-refractivity contribution >= 4 is 11.6 Å². The fraction of sp³-hybridized carbons (Fsp3) is 1.00. The molecule has 0 aromatic carbocycles. The zero-order valence-electron chi connectivity index (χ0n) is 8.14. The molecule has 0 saturated heterocycles. The van der Waals surface area contributed by atoms with Crippen molar-refractivity contribution in [2.75, 3.05) is 12.5 Å². The Morgan fingerprint density at radius 3 is 2.50 bits per heavy atom. The topological polar surface area (TPSA) is 29.5 Å². The number of halogens is 1. The van der Waals surface area contributed by atoms with Crippen molar-refractivity contribution in [3.8, 4) is 0 Å². The number of rotatable bonds is 6. The van der Waals surface area contributed by atoms with E-state index in [1.165, 1.54) is 0 Å². The summed E-state index contributed by atoms with van der Waals surface area (Å²) in [6.07, 6.45) is 2.03. The van der Waals surface area contributed by atoms with Crippen molar-refractivity contribution in [2.45, 2.75) is 33.6 Å². The zero-order valence-corrected chi connectivity index (χ0v) is 8.90. The monoisotopic (exact) mass is 194 g/mol. The van der Waals surface area contributed by atoms with E-state index in [1.807, 2.05) is 0 Å². The second-order valence-corrected chi connectivity index (χ2v) is 4.59. The van der Waals surface area contributed by atoms with Gasteiger partial charge in [0.1, 0.15) is 0 Å². The maximum absolute atomic E-state index is 8.24. The van der Waals surface area contributed by atoms with Gasteiger partial charge >= 0.3 is 0 Å². The molecule has 3 heteroatoms. The van der Waals surface area contributed by atoms with Crippen LogP contribution in [-0.4, -0.2) is 17.7 Å². The van der Waals surface area contributed by atoms with Crippen molar-refractivity contribution in [2.24, 2.45) is 11.3 Å². The quantitative estimate of drug-likeness (QED) is 0.400. The minimum absolute atomic E-state index is 0.250. The lowest BCUT2D eigenvalue weighted by molar-refractivity contribution is -0.251. The minimum atomic E-state index is 0.250. The molecular weight excluding hydrogens is 176 g/mol. The van der Waals surface area contributed by atoms with Gasteiger partial charge in [0.25, 0.3) is 0 Å². The van der Waals surface area contributed by atoms with Gasteiger partial charge in [0.2, 0.25) is 0 Å². The molecular formula is C9H19ClO2. The molecule has 0 aromatic heterocycles. The van der Waals surface area contributed by atoms with Gasteiger partial charge < -0.3 is 0 Å². The zero-order chi connectivity index (χ0) is 9.61. The molecule has 0 aromatic rings. The first-order chi connectivity index (χ1) is 5.52. The summed E-state index contributed by atoms with van der Waals surface area (Å²) in [6.45, 7) is 6.84. The van der Waals surface area contributed by atoms with E-state index >= 15 is 0 Å². The van der Waals surface area contributed by atoms with Crippen molar-refractivity contribution < 1.29 is 10.1 Å². The number of alkyl halides is 1. The second kappa shape index (κ2) is 5.79. The largest absolute Gasteiger partial charge is 0.252 e. The molecule has 0 amide bonds. The summed E-state index contributed by atoms with van der Waals surface area (Å²) in [7, 11) is 0. The van der Waals surface area contributed by atoms with E-state index in [2.05, 4.69) is 25.7 Å². The minimum Gasteiger partial charge on any atom is -0.252 e. The summed E-state index contributed by atoms with van der Waals surface area (Å²) in [6, 6.07) is 0.